The van der Waals surface area contributed by atoms with E-state index in [4.69, 9.17) is 52.5 Å². The quantitative estimate of drug-likeness (QED) is 0.0932. The van der Waals surface area contributed by atoms with E-state index in [-0.39, 0.29) is 6.61 Å². The van der Waals surface area contributed by atoms with Gasteiger partial charge in [0.15, 0.2) is 0 Å². The molecule has 0 unspecified atom stereocenters. The maximum absolute atomic E-state index is 11.4. The smallest absolute Gasteiger partial charge is 0.329 e. The number of aryl methyl sites for hydroxylation is 1. The van der Waals surface area contributed by atoms with Gasteiger partial charge in [0.2, 0.25) is 5.91 Å². The van der Waals surface area contributed by atoms with Gasteiger partial charge < -0.3 is 62.5 Å². The van der Waals surface area contributed by atoms with Crippen molar-refractivity contribution in [3.05, 3.63) is 29.8 Å². The van der Waals surface area contributed by atoms with Gasteiger partial charge in [-0.05, 0) is 30.5 Å². The first kappa shape index (κ1) is 48.6. The average Bonchev–Trinajstić information content (AvgIpc) is 3.15. The summed E-state index contributed by atoms with van der Waals surface area (Å²) in [5, 5.41) is 11.0. The second-order valence-corrected chi connectivity index (χ2v) is 11.8. The minimum Gasteiger partial charge on any atom is -0.491 e. The zero-order valence-electron chi connectivity index (χ0n) is 32.1. The lowest BCUT2D eigenvalue weighted by Crippen LogP contribution is -2.31. The number of ether oxygens (including phenoxy) is 11. The van der Waals surface area contributed by atoms with Crippen LogP contribution in [0.5, 0.6) is 5.75 Å². The molecule has 0 saturated carbocycles. The molecule has 0 radical (unpaired) electrons. The third-order valence-electron chi connectivity index (χ3n) is 7.24. The van der Waals surface area contributed by atoms with Gasteiger partial charge in [-0.2, -0.15) is 0 Å². The maximum atomic E-state index is 11.4. The summed E-state index contributed by atoms with van der Waals surface area (Å²) in [5.74, 6) is -0.642. The summed E-state index contributed by atoms with van der Waals surface area (Å²) in [6, 6.07) is 8.40. The Balaban J connectivity index is 1.69. The van der Waals surface area contributed by atoms with Crippen molar-refractivity contribution in [3.63, 3.8) is 0 Å². The highest BCUT2D eigenvalue weighted by molar-refractivity contribution is 5.77. The summed E-state index contributed by atoms with van der Waals surface area (Å²) in [7, 11) is 0. The van der Waals surface area contributed by atoms with E-state index in [2.05, 4.69) is 29.1 Å². The van der Waals surface area contributed by atoms with Crippen LogP contribution >= 0.6 is 0 Å². The maximum Gasteiger partial charge on any atom is 0.329 e. The summed E-state index contributed by atoms with van der Waals surface area (Å²) >= 11 is 0. The van der Waals surface area contributed by atoms with Gasteiger partial charge in [0.1, 0.15) is 25.6 Å². The third kappa shape index (κ3) is 36.3. The molecule has 1 aromatic rings. The van der Waals surface area contributed by atoms with Gasteiger partial charge in [0.25, 0.3) is 0 Å². The molecule has 0 aliphatic rings. The predicted molar refractivity (Wildman–Crippen MR) is 198 cm³/mol. The Morgan fingerprint density at radius 3 is 1.32 bits per heavy atom. The Morgan fingerprint density at radius 1 is 0.491 bits per heavy atom. The fourth-order valence-electron chi connectivity index (χ4n) is 4.49. The van der Waals surface area contributed by atoms with Gasteiger partial charge in [0, 0.05) is 6.54 Å². The van der Waals surface area contributed by atoms with Crippen molar-refractivity contribution in [3.8, 4) is 5.75 Å². The number of carbonyl (C=O) groups excluding carboxylic acids is 1. The molecule has 0 aliphatic heterocycles. The SMILES string of the molecule is CCCCCCCCc1ccc(OCCOCCOCCOCCOCCOCCOCCOCCOCCOCCNC(=O)COCC(=O)O)cc1. The first-order valence-corrected chi connectivity index (χ1v) is 19.1. The highest BCUT2D eigenvalue weighted by atomic mass is 16.6. The lowest BCUT2D eigenvalue weighted by molar-refractivity contribution is -0.143. The highest BCUT2D eigenvalue weighted by Gasteiger charge is 2.03. The molecule has 0 spiro atoms. The van der Waals surface area contributed by atoms with Gasteiger partial charge in [-0.1, -0.05) is 51.2 Å². The molecular formula is C38H67NO14. The molecule has 1 aromatic carbocycles. The minimum atomic E-state index is -1.12. The van der Waals surface area contributed by atoms with Crippen LogP contribution in [-0.4, -0.2) is 162 Å². The molecule has 0 aromatic heterocycles. The second-order valence-electron chi connectivity index (χ2n) is 11.8. The number of unbranched alkanes of at least 4 members (excludes halogenated alkanes) is 5. The first-order chi connectivity index (χ1) is 26.1. The molecule has 2 N–H and O–H groups in total. The summed E-state index contributed by atoms with van der Waals surface area (Å²) in [6.45, 7) is 10.6. The molecular weight excluding hydrogens is 694 g/mol. The van der Waals surface area contributed by atoms with E-state index in [1.807, 2.05) is 12.1 Å². The Labute approximate surface area is 316 Å². The molecule has 0 fully saturated rings. The fourth-order valence-corrected chi connectivity index (χ4v) is 4.49. The van der Waals surface area contributed by atoms with Crippen LogP contribution in [-0.2, 0) is 63.4 Å². The lowest BCUT2D eigenvalue weighted by Gasteiger charge is -2.09. The molecule has 1 rings (SSSR count). The van der Waals surface area contributed by atoms with Gasteiger partial charge >= 0.3 is 5.97 Å². The normalized spacial score (nSPS) is 11.3. The molecule has 0 saturated heterocycles. The van der Waals surface area contributed by atoms with Crippen LogP contribution in [0, 0.1) is 0 Å². The number of carbonyl (C=O) groups is 2. The van der Waals surface area contributed by atoms with Crippen LogP contribution in [0.3, 0.4) is 0 Å². The van der Waals surface area contributed by atoms with E-state index in [1.54, 1.807) is 0 Å². The Hall–Kier alpha value is -2.44. The second kappa shape index (κ2) is 39.3. The molecule has 53 heavy (non-hydrogen) atoms. The summed E-state index contributed by atoms with van der Waals surface area (Å²) in [4.78, 5) is 21.7. The zero-order chi connectivity index (χ0) is 38.1. The molecule has 0 atom stereocenters. The number of hydrogen-bond acceptors (Lipinski definition) is 13. The van der Waals surface area contributed by atoms with Crippen LogP contribution < -0.4 is 10.1 Å². The number of amides is 1. The van der Waals surface area contributed by atoms with Crippen LogP contribution in [0.2, 0.25) is 0 Å². The number of rotatable bonds is 42. The van der Waals surface area contributed by atoms with Crippen molar-refractivity contribution >= 4 is 11.9 Å². The third-order valence-corrected chi connectivity index (χ3v) is 7.24. The Kier molecular flexibility index (Phi) is 36.0. The summed E-state index contributed by atoms with van der Waals surface area (Å²) < 4.78 is 59.7. The topological polar surface area (TPSA) is 168 Å². The molecule has 15 nitrogen and oxygen atoms in total. The molecule has 308 valence electrons. The van der Waals surface area contributed by atoms with Crippen molar-refractivity contribution in [1.82, 2.24) is 5.32 Å². The van der Waals surface area contributed by atoms with Gasteiger partial charge in [-0.3, -0.25) is 4.79 Å². The Bertz CT molecular complexity index is 940. The minimum absolute atomic E-state index is 0.300. The number of aliphatic carboxylic acids is 1. The van der Waals surface area contributed by atoms with E-state index < -0.39 is 18.5 Å². The number of hydrogen-bond donors (Lipinski definition) is 2. The van der Waals surface area contributed by atoms with Crippen LogP contribution in [0.1, 0.15) is 51.0 Å². The van der Waals surface area contributed by atoms with E-state index in [0.717, 1.165) is 12.2 Å². The van der Waals surface area contributed by atoms with Gasteiger partial charge in [-0.25, -0.2) is 4.79 Å². The molecule has 0 aliphatic carbocycles. The number of benzene rings is 1. The van der Waals surface area contributed by atoms with Gasteiger partial charge in [-0.15, -0.1) is 0 Å². The highest BCUT2D eigenvalue weighted by Crippen LogP contribution is 2.15. The largest absolute Gasteiger partial charge is 0.491 e. The summed E-state index contributed by atoms with van der Waals surface area (Å²) in [5.41, 5.74) is 1.37. The monoisotopic (exact) mass is 761 g/mol. The standard InChI is InChI=1S/C38H67NO14/c1-2-3-4-5-6-7-8-35-9-11-36(12-10-35)53-32-31-51-30-29-50-28-27-49-26-25-48-24-23-47-22-21-46-20-19-45-18-17-44-16-15-43-14-13-39-37(40)33-52-34-38(41)42/h9-12H,2-8,13-34H2,1H3,(H,39,40)(H,41,42). The van der Waals surface area contributed by atoms with Crippen molar-refractivity contribution in [2.45, 2.75) is 51.9 Å². The van der Waals surface area contributed by atoms with E-state index >= 15 is 0 Å². The van der Waals surface area contributed by atoms with Crippen molar-refractivity contribution in [2.24, 2.45) is 0 Å². The van der Waals surface area contributed by atoms with E-state index in [1.165, 1.54) is 44.1 Å². The van der Waals surface area contributed by atoms with Crippen molar-refractivity contribution in [2.75, 3.05) is 145 Å². The van der Waals surface area contributed by atoms with Gasteiger partial charge in [0.05, 0.1) is 119 Å². The van der Waals surface area contributed by atoms with E-state index in [0.29, 0.717) is 132 Å². The zero-order valence-corrected chi connectivity index (χ0v) is 32.1. The Morgan fingerprint density at radius 2 is 0.887 bits per heavy atom. The molecule has 15 heteroatoms. The van der Waals surface area contributed by atoms with Crippen LogP contribution in [0.15, 0.2) is 24.3 Å². The van der Waals surface area contributed by atoms with Crippen LogP contribution in [0.4, 0.5) is 0 Å². The number of carboxylic acid groups (broad SMARTS) is 1. The number of carboxylic acids is 1. The molecule has 0 bridgehead atoms. The first-order valence-electron chi connectivity index (χ1n) is 19.1. The number of nitrogens with one attached hydrogen (secondary N) is 1. The summed E-state index contributed by atoms with van der Waals surface area (Å²) in [6.07, 6.45) is 9.04. The molecule has 1 amide bonds. The van der Waals surface area contributed by atoms with Crippen molar-refractivity contribution < 1.29 is 66.8 Å². The van der Waals surface area contributed by atoms with E-state index in [9.17, 15) is 9.59 Å². The fraction of sp³-hybridized carbons (Fsp3) is 0.789. The molecule has 0 heterocycles. The van der Waals surface area contributed by atoms with Crippen molar-refractivity contribution in [1.29, 1.82) is 0 Å². The predicted octanol–water partition coefficient (Wildman–Crippen LogP) is 3.34. The average molecular weight is 762 g/mol. The van der Waals surface area contributed by atoms with Crippen LogP contribution in [0.25, 0.3) is 0 Å². The lowest BCUT2D eigenvalue weighted by atomic mass is 10.0.